The summed E-state index contributed by atoms with van der Waals surface area (Å²) in [7, 11) is 0. The van der Waals surface area contributed by atoms with Gasteiger partial charge in [0.2, 0.25) is 0 Å². The molecule has 0 fully saturated rings. The fraction of sp³-hybridized carbons (Fsp3) is 0.222. The van der Waals surface area contributed by atoms with Crippen LogP contribution in [0.3, 0.4) is 0 Å². The van der Waals surface area contributed by atoms with Crippen LogP contribution < -0.4 is 0 Å². The quantitative estimate of drug-likeness (QED) is 0.605. The van der Waals surface area contributed by atoms with Gasteiger partial charge >= 0.3 is 0 Å². The molecule has 0 bridgehead atoms. The number of hydrogen-bond donors (Lipinski definition) is 0. The molecule has 0 spiro atoms. The summed E-state index contributed by atoms with van der Waals surface area (Å²) < 4.78 is 0. The Morgan fingerprint density at radius 2 is 1.78 bits per heavy atom. The van der Waals surface area contributed by atoms with Gasteiger partial charge in [-0.3, -0.25) is 0 Å². The topological polar surface area (TPSA) is 0 Å². The van der Waals surface area contributed by atoms with E-state index in [0.29, 0.717) is 0 Å². The average Bonchev–Trinajstić information content (AvgIpc) is 2.48. The third kappa shape index (κ3) is 6.05. The van der Waals surface area contributed by atoms with Crippen molar-refractivity contribution in [3.8, 4) is 0 Å². The lowest BCUT2D eigenvalue weighted by Crippen LogP contribution is -1.86. The Labute approximate surface area is 111 Å². The van der Waals surface area contributed by atoms with Crippen molar-refractivity contribution >= 4 is 6.08 Å². The number of rotatable bonds is 3. The third-order valence-corrected chi connectivity index (χ3v) is 2.81. The summed E-state index contributed by atoms with van der Waals surface area (Å²) >= 11 is 0. The van der Waals surface area contributed by atoms with Crippen molar-refractivity contribution in [3.05, 3.63) is 78.9 Å². The second-order valence-corrected chi connectivity index (χ2v) is 4.23. The second kappa shape index (κ2) is 9.23. The van der Waals surface area contributed by atoms with Crippen LogP contribution in [0.5, 0.6) is 0 Å². The molecule has 1 aliphatic carbocycles. The fourth-order valence-electron chi connectivity index (χ4n) is 1.79. The number of allylic oxidation sites excluding steroid dienone is 5. The highest BCUT2D eigenvalue weighted by molar-refractivity contribution is 5.50. The summed E-state index contributed by atoms with van der Waals surface area (Å²) in [5, 5.41) is 0. The highest BCUT2D eigenvalue weighted by Gasteiger charge is 1.97. The minimum absolute atomic E-state index is 1.21. The highest BCUT2D eigenvalue weighted by Crippen LogP contribution is 2.16. The van der Waals surface area contributed by atoms with Crippen molar-refractivity contribution in [2.75, 3.05) is 0 Å². The first-order valence-corrected chi connectivity index (χ1v) is 6.52. The van der Waals surface area contributed by atoms with E-state index in [1.807, 2.05) is 36.4 Å². The Bertz CT molecular complexity index is 407. The normalized spacial score (nSPS) is 14.3. The Hall–Kier alpha value is -1.82. The molecule has 1 aliphatic rings. The summed E-state index contributed by atoms with van der Waals surface area (Å²) in [6, 6.07) is 10.1. The van der Waals surface area contributed by atoms with E-state index >= 15 is 0 Å². The Morgan fingerprint density at radius 1 is 1.00 bits per heavy atom. The van der Waals surface area contributed by atoms with E-state index in [1.54, 1.807) is 6.08 Å². The molecule has 0 aliphatic heterocycles. The lowest BCUT2D eigenvalue weighted by molar-refractivity contribution is 0.712. The van der Waals surface area contributed by atoms with Gasteiger partial charge in [0, 0.05) is 0 Å². The van der Waals surface area contributed by atoms with Crippen LogP contribution in [-0.4, -0.2) is 0 Å². The lowest BCUT2D eigenvalue weighted by atomic mass is 10.0. The van der Waals surface area contributed by atoms with Gasteiger partial charge in [-0.2, -0.15) is 0 Å². The van der Waals surface area contributed by atoms with Gasteiger partial charge in [0.05, 0.1) is 0 Å². The van der Waals surface area contributed by atoms with Crippen molar-refractivity contribution in [2.45, 2.75) is 25.7 Å². The Balaban J connectivity index is 0.000000184. The van der Waals surface area contributed by atoms with Gasteiger partial charge in [-0.1, -0.05) is 79.4 Å². The zero-order chi connectivity index (χ0) is 13.1. The first-order chi connectivity index (χ1) is 8.86. The van der Waals surface area contributed by atoms with E-state index in [4.69, 9.17) is 0 Å². The molecule has 0 heteroatoms. The molecule has 94 valence electrons. The van der Waals surface area contributed by atoms with Gasteiger partial charge in [-0.15, -0.1) is 0 Å². The molecular formula is C18H22. The largest absolute Gasteiger partial charge is 0.0991 e. The molecule has 0 nitrogen and oxygen atoms in total. The van der Waals surface area contributed by atoms with Crippen molar-refractivity contribution in [1.29, 1.82) is 0 Å². The van der Waals surface area contributed by atoms with Gasteiger partial charge in [0.1, 0.15) is 0 Å². The van der Waals surface area contributed by atoms with E-state index in [0.717, 1.165) is 0 Å². The first-order valence-electron chi connectivity index (χ1n) is 6.52. The van der Waals surface area contributed by atoms with Gasteiger partial charge in [0.15, 0.2) is 0 Å². The highest BCUT2D eigenvalue weighted by atomic mass is 14.0. The van der Waals surface area contributed by atoms with Gasteiger partial charge < -0.3 is 0 Å². The number of hydrogen-bond acceptors (Lipinski definition) is 0. The summed E-state index contributed by atoms with van der Waals surface area (Å²) in [4.78, 5) is 0. The van der Waals surface area contributed by atoms with Gasteiger partial charge in [-0.05, 0) is 31.2 Å². The molecule has 18 heavy (non-hydrogen) atoms. The molecule has 0 heterocycles. The smallest absolute Gasteiger partial charge is 0.0257 e. The molecule has 0 saturated carbocycles. The molecule has 0 N–H and O–H groups in total. The van der Waals surface area contributed by atoms with Crippen LogP contribution in [0.4, 0.5) is 0 Å². The predicted molar refractivity (Wildman–Crippen MR) is 82.4 cm³/mol. The third-order valence-electron chi connectivity index (χ3n) is 2.81. The van der Waals surface area contributed by atoms with E-state index in [2.05, 4.69) is 31.4 Å². The Morgan fingerprint density at radius 3 is 2.28 bits per heavy atom. The zero-order valence-electron chi connectivity index (χ0n) is 11.0. The summed E-state index contributed by atoms with van der Waals surface area (Å²) in [5.74, 6) is 0. The molecule has 0 saturated heterocycles. The number of benzene rings is 1. The summed E-state index contributed by atoms with van der Waals surface area (Å²) in [6.45, 7) is 7.31. The van der Waals surface area contributed by atoms with Crippen molar-refractivity contribution in [1.82, 2.24) is 0 Å². The lowest BCUT2D eigenvalue weighted by Gasteiger charge is -2.06. The predicted octanol–water partition coefficient (Wildman–Crippen LogP) is 5.56. The standard InChI is InChI=1S/C10H10.C8H12/c1-2-3-7-10-8-5-4-6-9-10;1-2-8-6-4-3-5-7-8/h2-9H,1H2;2,6H,1,3-5,7H2. The maximum Gasteiger partial charge on any atom is -0.0257 e. The van der Waals surface area contributed by atoms with E-state index < -0.39 is 0 Å². The van der Waals surface area contributed by atoms with Crippen molar-refractivity contribution in [3.63, 3.8) is 0 Å². The maximum absolute atomic E-state index is 3.72. The maximum atomic E-state index is 3.72. The first kappa shape index (κ1) is 14.2. The van der Waals surface area contributed by atoms with E-state index in [9.17, 15) is 0 Å². The second-order valence-electron chi connectivity index (χ2n) is 4.23. The molecule has 1 aromatic carbocycles. The molecule has 0 radical (unpaired) electrons. The van der Waals surface area contributed by atoms with Crippen LogP contribution in [-0.2, 0) is 0 Å². The van der Waals surface area contributed by atoms with Crippen molar-refractivity contribution < 1.29 is 0 Å². The van der Waals surface area contributed by atoms with Crippen LogP contribution in [0.25, 0.3) is 6.08 Å². The average molecular weight is 238 g/mol. The van der Waals surface area contributed by atoms with Gasteiger partial charge in [-0.25, -0.2) is 0 Å². The molecule has 0 unspecified atom stereocenters. The molecule has 0 aromatic heterocycles. The van der Waals surface area contributed by atoms with Crippen LogP contribution in [0.15, 0.2) is 73.4 Å². The molecule has 1 aromatic rings. The van der Waals surface area contributed by atoms with Crippen LogP contribution in [0.1, 0.15) is 31.2 Å². The minimum atomic E-state index is 1.21. The summed E-state index contributed by atoms with van der Waals surface area (Å²) in [6.07, 6.45) is 15.2. The van der Waals surface area contributed by atoms with Gasteiger partial charge in [0.25, 0.3) is 0 Å². The SMILES string of the molecule is C=CC1=CCCCC1.C=CC=Cc1ccccc1. The molecule has 0 atom stereocenters. The van der Waals surface area contributed by atoms with Crippen molar-refractivity contribution in [2.24, 2.45) is 0 Å². The van der Waals surface area contributed by atoms with Crippen LogP contribution >= 0.6 is 0 Å². The monoisotopic (exact) mass is 238 g/mol. The molecular weight excluding hydrogens is 216 g/mol. The Kier molecular flexibility index (Phi) is 7.31. The fourth-order valence-corrected chi connectivity index (χ4v) is 1.79. The van der Waals surface area contributed by atoms with E-state index in [-0.39, 0.29) is 0 Å². The molecule has 2 rings (SSSR count). The minimum Gasteiger partial charge on any atom is -0.0991 e. The zero-order valence-corrected chi connectivity index (χ0v) is 11.0. The van der Waals surface area contributed by atoms with Crippen LogP contribution in [0, 0.1) is 0 Å². The van der Waals surface area contributed by atoms with Crippen LogP contribution in [0.2, 0.25) is 0 Å². The molecule has 0 amide bonds. The summed E-state index contributed by atoms with van der Waals surface area (Å²) in [5.41, 5.74) is 2.65. The van der Waals surface area contributed by atoms with E-state index in [1.165, 1.54) is 36.8 Å².